The van der Waals surface area contributed by atoms with Gasteiger partial charge in [0.1, 0.15) is 11.6 Å². The number of anilines is 1. The normalized spacial score (nSPS) is 18.2. The summed E-state index contributed by atoms with van der Waals surface area (Å²) in [7, 11) is 0. The number of halogens is 2. The Hall–Kier alpha value is -1.94. The van der Waals surface area contributed by atoms with Crippen LogP contribution in [0.15, 0.2) is 42.5 Å². The third-order valence-electron chi connectivity index (χ3n) is 3.56. The van der Waals surface area contributed by atoms with Crippen molar-refractivity contribution in [1.29, 1.82) is 0 Å². The van der Waals surface area contributed by atoms with E-state index in [4.69, 9.17) is 0 Å². The molecule has 3 rings (SSSR count). The zero-order chi connectivity index (χ0) is 13.9. The summed E-state index contributed by atoms with van der Waals surface area (Å²) in [6.45, 7) is 1.69. The van der Waals surface area contributed by atoms with Gasteiger partial charge in [-0.2, -0.15) is 0 Å². The first-order valence-corrected chi connectivity index (χ1v) is 6.73. The van der Waals surface area contributed by atoms with Crippen LogP contribution in [0.2, 0.25) is 0 Å². The summed E-state index contributed by atoms with van der Waals surface area (Å²) in [4.78, 5) is 0. The van der Waals surface area contributed by atoms with Crippen molar-refractivity contribution in [3.63, 3.8) is 0 Å². The summed E-state index contributed by atoms with van der Waals surface area (Å²) in [6.07, 6.45) is 0.870. The third kappa shape index (κ3) is 2.80. The first kappa shape index (κ1) is 13.1. The summed E-state index contributed by atoms with van der Waals surface area (Å²) in [6, 6.07) is 11.7. The van der Waals surface area contributed by atoms with Crippen LogP contribution in [-0.4, -0.2) is 6.54 Å². The van der Waals surface area contributed by atoms with E-state index in [1.165, 1.54) is 23.3 Å². The Bertz CT molecular complexity index is 593. The van der Waals surface area contributed by atoms with Crippen LogP contribution in [0.5, 0.6) is 0 Å². The molecule has 1 aliphatic rings. The lowest BCUT2D eigenvalue weighted by molar-refractivity contribution is 0.582. The van der Waals surface area contributed by atoms with Gasteiger partial charge in [0.05, 0.1) is 6.04 Å². The summed E-state index contributed by atoms with van der Waals surface area (Å²) in [5, 5.41) is 6.59. The molecule has 1 aliphatic heterocycles. The Labute approximate surface area is 116 Å². The van der Waals surface area contributed by atoms with Gasteiger partial charge in [0, 0.05) is 18.3 Å². The molecule has 104 valence electrons. The lowest BCUT2D eigenvalue weighted by atomic mass is 9.99. The number of benzene rings is 2. The Morgan fingerprint density at radius 2 is 1.80 bits per heavy atom. The molecule has 1 unspecified atom stereocenters. The maximum Gasteiger partial charge on any atom is 0.128 e. The van der Waals surface area contributed by atoms with Crippen molar-refractivity contribution in [2.75, 3.05) is 11.9 Å². The van der Waals surface area contributed by atoms with Crippen LogP contribution in [-0.2, 0) is 6.54 Å². The Morgan fingerprint density at radius 1 is 1.05 bits per heavy atom. The molecule has 2 N–H and O–H groups in total. The zero-order valence-electron chi connectivity index (χ0n) is 11.0. The van der Waals surface area contributed by atoms with Crippen LogP contribution in [0.25, 0.3) is 0 Å². The van der Waals surface area contributed by atoms with Gasteiger partial charge in [0.15, 0.2) is 0 Å². The van der Waals surface area contributed by atoms with Crippen molar-refractivity contribution < 1.29 is 8.78 Å². The molecule has 0 aliphatic carbocycles. The van der Waals surface area contributed by atoms with Crippen LogP contribution in [0.4, 0.5) is 14.5 Å². The van der Waals surface area contributed by atoms with Crippen LogP contribution >= 0.6 is 0 Å². The van der Waals surface area contributed by atoms with Gasteiger partial charge in [0.2, 0.25) is 0 Å². The lowest BCUT2D eigenvalue weighted by Gasteiger charge is -2.20. The summed E-state index contributed by atoms with van der Waals surface area (Å²) >= 11 is 0. The van der Waals surface area contributed by atoms with Gasteiger partial charge in [0.25, 0.3) is 0 Å². The minimum Gasteiger partial charge on any atom is -0.378 e. The second-order valence-corrected chi connectivity index (χ2v) is 5.02. The number of nitrogens with one attached hydrogen (secondary N) is 2. The maximum absolute atomic E-state index is 13.3. The quantitative estimate of drug-likeness (QED) is 0.874. The van der Waals surface area contributed by atoms with E-state index >= 15 is 0 Å². The van der Waals surface area contributed by atoms with Crippen LogP contribution in [0.1, 0.15) is 23.6 Å². The molecule has 0 spiro atoms. The van der Waals surface area contributed by atoms with Crippen molar-refractivity contribution in [3.8, 4) is 0 Å². The number of hydrogen-bond donors (Lipinski definition) is 2. The van der Waals surface area contributed by atoms with Gasteiger partial charge in [-0.1, -0.05) is 24.3 Å². The standard InChI is InChI=1S/C16H16F2N2/c17-12-7-13(18)9-14(8-12)20-16-5-6-19-10-11-3-1-2-4-15(11)16/h1-4,7-9,16,19-20H,5-6,10H2. The minimum atomic E-state index is -0.562. The first-order valence-electron chi connectivity index (χ1n) is 6.73. The number of rotatable bonds is 2. The molecular formula is C16H16F2N2. The SMILES string of the molecule is Fc1cc(F)cc(NC2CCNCc3ccccc32)c1. The van der Waals surface area contributed by atoms with Crippen molar-refractivity contribution in [1.82, 2.24) is 5.32 Å². The molecule has 0 amide bonds. The first-order chi connectivity index (χ1) is 9.72. The zero-order valence-corrected chi connectivity index (χ0v) is 11.0. The molecule has 0 bridgehead atoms. The summed E-state index contributed by atoms with van der Waals surface area (Å²) < 4.78 is 26.5. The van der Waals surface area contributed by atoms with Crippen LogP contribution < -0.4 is 10.6 Å². The van der Waals surface area contributed by atoms with Gasteiger partial charge >= 0.3 is 0 Å². The number of fused-ring (bicyclic) bond motifs is 1. The van der Waals surface area contributed by atoms with E-state index in [0.717, 1.165) is 25.6 Å². The highest BCUT2D eigenvalue weighted by atomic mass is 19.1. The van der Waals surface area contributed by atoms with Crippen molar-refractivity contribution in [2.45, 2.75) is 19.0 Å². The molecule has 4 heteroatoms. The molecule has 0 saturated carbocycles. The highest BCUT2D eigenvalue weighted by Gasteiger charge is 2.18. The van der Waals surface area contributed by atoms with E-state index in [9.17, 15) is 8.78 Å². The number of hydrogen-bond acceptors (Lipinski definition) is 2. The maximum atomic E-state index is 13.3. The van der Waals surface area contributed by atoms with Gasteiger partial charge < -0.3 is 10.6 Å². The topological polar surface area (TPSA) is 24.1 Å². The van der Waals surface area contributed by atoms with E-state index in [2.05, 4.69) is 22.8 Å². The smallest absolute Gasteiger partial charge is 0.128 e. The minimum absolute atomic E-state index is 0.0578. The van der Waals surface area contributed by atoms with Crippen molar-refractivity contribution in [2.24, 2.45) is 0 Å². The van der Waals surface area contributed by atoms with E-state index in [1.54, 1.807) is 0 Å². The lowest BCUT2D eigenvalue weighted by Crippen LogP contribution is -2.15. The summed E-state index contributed by atoms with van der Waals surface area (Å²) in [5.41, 5.74) is 2.88. The van der Waals surface area contributed by atoms with Crippen molar-refractivity contribution in [3.05, 3.63) is 65.2 Å². The van der Waals surface area contributed by atoms with Gasteiger partial charge in [-0.05, 0) is 36.2 Å². The molecule has 1 atom stereocenters. The largest absolute Gasteiger partial charge is 0.378 e. The predicted molar refractivity (Wildman–Crippen MR) is 75.5 cm³/mol. The Morgan fingerprint density at radius 3 is 2.60 bits per heavy atom. The average Bonchev–Trinajstić information content (AvgIpc) is 2.61. The average molecular weight is 274 g/mol. The van der Waals surface area contributed by atoms with Gasteiger partial charge in [-0.25, -0.2) is 8.78 Å². The highest BCUT2D eigenvalue weighted by Crippen LogP contribution is 2.27. The monoisotopic (exact) mass is 274 g/mol. The van der Waals surface area contributed by atoms with E-state index in [0.29, 0.717) is 5.69 Å². The van der Waals surface area contributed by atoms with Crippen molar-refractivity contribution >= 4 is 5.69 Å². The van der Waals surface area contributed by atoms with E-state index in [1.807, 2.05) is 12.1 Å². The molecule has 0 aromatic heterocycles. The second kappa shape index (κ2) is 5.59. The molecule has 1 heterocycles. The second-order valence-electron chi connectivity index (χ2n) is 5.02. The Balaban J connectivity index is 1.90. The van der Waals surface area contributed by atoms with Gasteiger partial charge in [-0.15, -0.1) is 0 Å². The molecule has 0 saturated heterocycles. The predicted octanol–water partition coefficient (Wildman–Crippen LogP) is 3.61. The molecule has 2 nitrogen and oxygen atoms in total. The Kier molecular flexibility index (Phi) is 3.65. The fourth-order valence-corrected chi connectivity index (χ4v) is 2.65. The fourth-order valence-electron chi connectivity index (χ4n) is 2.65. The summed E-state index contributed by atoms with van der Waals surface area (Å²) in [5.74, 6) is -1.12. The molecule has 2 aromatic rings. The molecule has 20 heavy (non-hydrogen) atoms. The highest BCUT2D eigenvalue weighted by molar-refractivity contribution is 5.47. The molecule has 2 aromatic carbocycles. The molecule has 0 radical (unpaired) electrons. The fraction of sp³-hybridized carbons (Fsp3) is 0.250. The van der Waals surface area contributed by atoms with E-state index in [-0.39, 0.29) is 6.04 Å². The van der Waals surface area contributed by atoms with E-state index < -0.39 is 11.6 Å². The molecule has 0 fully saturated rings. The van der Waals surface area contributed by atoms with Gasteiger partial charge in [-0.3, -0.25) is 0 Å². The van der Waals surface area contributed by atoms with Crippen LogP contribution in [0, 0.1) is 11.6 Å². The molecular weight excluding hydrogens is 258 g/mol. The third-order valence-corrected chi connectivity index (χ3v) is 3.56. The van der Waals surface area contributed by atoms with Crippen LogP contribution in [0.3, 0.4) is 0 Å².